The second kappa shape index (κ2) is 5.98. The maximum Gasteiger partial charge on any atom is 0.256 e. The highest BCUT2D eigenvalue weighted by molar-refractivity contribution is 8.00. The van der Waals surface area contributed by atoms with Crippen LogP contribution in [0.5, 0.6) is 0 Å². The zero-order chi connectivity index (χ0) is 14.8. The third kappa shape index (κ3) is 2.86. The lowest BCUT2D eigenvalue weighted by Gasteiger charge is -2.32. The largest absolute Gasteiger partial charge is 0.398 e. The second-order valence-electron chi connectivity index (χ2n) is 5.44. The normalized spacial score (nSPS) is 18.9. The Hall–Kier alpha value is -1.68. The van der Waals surface area contributed by atoms with Gasteiger partial charge in [-0.15, -0.1) is 0 Å². The van der Waals surface area contributed by atoms with Crippen LogP contribution < -0.4 is 5.73 Å². The van der Waals surface area contributed by atoms with E-state index in [1.165, 1.54) is 0 Å². The van der Waals surface area contributed by atoms with Gasteiger partial charge in [0.15, 0.2) is 0 Å². The van der Waals surface area contributed by atoms with Crippen molar-refractivity contribution in [2.75, 3.05) is 24.6 Å². The van der Waals surface area contributed by atoms with Crippen molar-refractivity contribution in [2.24, 2.45) is 0 Å². The van der Waals surface area contributed by atoms with E-state index in [0.29, 0.717) is 16.5 Å². The summed E-state index contributed by atoms with van der Waals surface area (Å²) in [6.07, 6.45) is 1.10. The van der Waals surface area contributed by atoms with Crippen LogP contribution in [-0.4, -0.2) is 34.9 Å². The van der Waals surface area contributed by atoms with Crippen LogP contribution in [0.2, 0.25) is 0 Å². The Morgan fingerprint density at radius 3 is 2.76 bits per heavy atom. The van der Waals surface area contributed by atoms with Crippen molar-refractivity contribution in [1.29, 1.82) is 0 Å². The number of amides is 1. The lowest BCUT2D eigenvalue weighted by atomic mass is 10.0. The lowest BCUT2D eigenvalue weighted by Crippen LogP contribution is -2.42. The first-order valence-corrected chi connectivity index (χ1v) is 8.43. The molecule has 0 saturated carbocycles. The van der Waals surface area contributed by atoms with Crippen LogP contribution in [0.15, 0.2) is 36.4 Å². The minimum absolute atomic E-state index is 0.0667. The molecule has 1 atom stereocenters. The third-order valence-electron chi connectivity index (χ3n) is 4.03. The molecule has 1 saturated heterocycles. The van der Waals surface area contributed by atoms with Gasteiger partial charge in [0.1, 0.15) is 0 Å². The van der Waals surface area contributed by atoms with Crippen LogP contribution in [0.1, 0.15) is 23.7 Å². The molecule has 0 aromatic heterocycles. The first-order chi connectivity index (χ1) is 10.2. The zero-order valence-corrected chi connectivity index (χ0v) is 13.0. The standard InChI is InChI=1S/C17H20N2OS/c1-2-14-11-19(7-8-21-14)17(20)15-9-12-5-3-4-6-13(12)10-16(15)18/h3-6,9-10,14H,2,7-8,11,18H2,1H3. The van der Waals surface area contributed by atoms with E-state index in [4.69, 9.17) is 5.73 Å². The molecule has 2 aromatic rings. The predicted molar refractivity (Wildman–Crippen MR) is 90.8 cm³/mol. The van der Waals surface area contributed by atoms with Crippen LogP contribution in [-0.2, 0) is 0 Å². The van der Waals surface area contributed by atoms with Gasteiger partial charge < -0.3 is 10.6 Å². The number of nitrogen functional groups attached to an aromatic ring is 1. The summed E-state index contributed by atoms with van der Waals surface area (Å²) in [7, 11) is 0. The smallest absolute Gasteiger partial charge is 0.256 e. The van der Waals surface area contributed by atoms with E-state index < -0.39 is 0 Å². The van der Waals surface area contributed by atoms with Gasteiger partial charge in [0.2, 0.25) is 0 Å². The molecule has 0 spiro atoms. The number of carbonyl (C=O) groups excluding carboxylic acids is 1. The molecule has 0 aliphatic carbocycles. The average molecular weight is 300 g/mol. The molecule has 1 aliphatic heterocycles. The highest BCUT2D eigenvalue weighted by Gasteiger charge is 2.25. The monoisotopic (exact) mass is 300 g/mol. The third-order valence-corrected chi connectivity index (χ3v) is 5.40. The number of hydrogen-bond donors (Lipinski definition) is 1. The van der Waals surface area contributed by atoms with Gasteiger partial charge in [0.05, 0.1) is 5.56 Å². The van der Waals surface area contributed by atoms with Crippen molar-refractivity contribution in [3.05, 3.63) is 42.0 Å². The van der Waals surface area contributed by atoms with Crippen molar-refractivity contribution in [3.8, 4) is 0 Å². The Balaban J connectivity index is 1.92. The van der Waals surface area contributed by atoms with Gasteiger partial charge >= 0.3 is 0 Å². The van der Waals surface area contributed by atoms with Crippen molar-refractivity contribution >= 4 is 34.1 Å². The predicted octanol–water partition coefficient (Wildman–Crippen LogP) is 3.39. The molecule has 0 radical (unpaired) electrons. The molecule has 1 fully saturated rings. The number of anilines is 1. The van der Waals surface area contributed by atoms with Gasteiger partial charge in [-0.25, -0.2) is 0 Å². The number of nitrogens with two attached hydrogens (primary N) is 1. The molecular formula is C17H20N2OS. The minimum Gasteiger partial charge on any atom is -0.398 e. The molecule has 3 rings (SSSR count). The lowest BCUT2D eigenvalue weighted by molar-refractivity contribution is 0.0762. The molecule has 1 amide bonds. The van der Waals surface area contributed by atoms with Crippen LogP contribution in [0.3, 0.4) is 0 Å². The fourth-order valence-electron chi connectivity index (χ4n) is 2.76. The van der Waals surface area contributed by atoms with E-state index >= 15 is 0 Å². The summed E-state index contributed by atoms with van der Waals surface area (Å²) in [5, 5.41) is 2.69. The topological polar surface area (TPSA) is 46.3 Å². The SMILES string of the molecule is CCC1CN(C(=O)c2cc3ccccc3cc2N)CCS1. The molecule has 21 heavy (non-hydrogen) atoms. The molecule has 1 aliphatic rings. The number of thioether (sulfide) groups is 1. The molecule has 2 N–H and O–H groups in total. The van der Waals surface area contributed by atoms with Crippen molar-refractivity contribution in [1.82, 2.24) is 4.90 Å². The van der Waals surface area contributed by atoms with E-state index in [-0.39, 0.29) is 5.91 Å². The number of benzene rings is 2. The molecule has 0 bridgehead atoms. The zero-order valence-electron chi connectivity index (χ0n) is 12.2. The quantitative estimate of drug-likeness (QED) is 0.865. The molecule has 3 nitrogen and oxygen atoms in total. The maximum absolute atomic E-state index is 12.8. The fourth-order valence-corrected chi connectivity index (χ4v) is 3.94. The number of fused-ring (bicyclic) bond motifs is 1. The minimum atomic E-state index is 0.0667. The molecule has 4 heteroatoms. The van der Waals surface area contributed by atoms with Gasteiger partial charge in [-0.05, 0) is 29.3 Å². The van der Waals surface area contributed by atoms with Crippen molar-refractivity contribution in [3.63, 3.8) is 0 Å². The second-order valence-corrected chi connectivity index (χ2v) is 6.85. The summed E-state index contributed by atoms with van der Waals surface area (Å²) in [6.45, 7) is 3.81. The summed E-state index contributed by atoms with van der Waals surface area (Å²) in [4.78, 5) is 14.7. The highest BCUT2D eigenvalue weighted by Crippen LogP contribution is 2.26. The van der Waals surface area contributed by atoms with Crippen LogP contribution in [0.25, 0.3) is 10.8 Å². The Kier molecular flexibility index (Phi) is 4.06. The fraction of sp³-hybridized carbons (Fsp3) is 0.353. The van der Waals surface area contributed by atoms with Gasteiger partial charge in [0.25, 0.3) is 5.91 Å². The summed E-state index contributed by atoms with van der Waals surface area (Å²) in [5.41, 5.74) is 7.32. The Morgan fingerprint density at radius 1 is 1.33 bits per heavy atom. The summed E-state index contributed by atoms with van der Waals surface area (Å²) in [5.74, 6) is 1.08. The number of hydrogen-bond acceptors (Lipinski definition) is 3. The van der Waals surface area contributed by atoms with E-state index in [1.807, 2.05) is 53.1 Å². The van der Waals surface area contributed by atoms with Crippen molar-refractivity contribution in [2.45, 2.75) is 18.6 Å². The summed E-state index contributed by atoms with van der Waals surface area (Å²) >= 11 is 1.96. The number of carbonyl (C=O) groups is 1. The molecule has 1 heterocycles. The molecule has 110 valence electrons. The Morgan fingerprint density at radius 2 is 2.05 bits per heavy atom. The Bertz CT molecular complexity index is 671. The van der Waals surface area contributed by atoms with Gasteiger partial charge in [-0.3, -0.25) is 4.79 Å². The van der Waals surface area contributed by atoms with Crippen molar-refractivity contribution < 1.29 is 4.79 Å². The first-order valence-electron chi connectivity index (χ1n) is 7.38. The van der Waals surface area contributed by atoms with Gasteiger partial charge in [0, 0.05) is 29.8 Å². The first kappa shape index (κ1) is 14.3. The summed E-state index contributed by atoms with van der Waals surface area (Å²) < 4.78 is 0. The number of rotatable bonds is 2. The average Bonchev–Trinajstić information content (AvgIpc) is 2.53. The van der Waals surface area contributed by atoms with Crippen LogP contribution >= 0.6 is 11.8 Å². The van der Waals surface area contributed by atoms with Crippen LogP contribution in [0, 0.1) is 0 Å². The molecular weight excluding hydrogens is 280 g/mol. The van der Waals surface area contributed by atoms with Crippen LogP contribution in [0.4, 0.5) is 5.69 Å². The highest BCUT2D eigenvalue weighted by atomic mass is 32.2. The van der Waals surface area contributed by atoms with E-state index in [2.05, 4.69) is 6.92 Å². The van der Waals surface area contributed by atoms with E-state index in [0.717, 1.165) is 36.0 Å². The Labute approximate surface area is 129 Å². The molecule has 2 aromatic carbocycles. The molecule has 1 unspecified atom stereocenters. The maximum atomic E-state index is 12.8. The van der Waals surface area contributed by atoms with E-state index in [9.17, 15) is 4.79 Å². The van der Waals surface area contributed by atoms with Gasteiger partial charge in [-0.1, -0.05) is 31.2 Å². The van der Waals surface area contributed by atoms with Gasteiger partial charge in [-0.2, -0.15) is 11.8 Å². The summed E-state index contributed by atoms with van der Waals surface area (Å²) in [6, 6.07) is 11.8. The van der Waals surface area contributed by atoms with E-state index in [1.54, 1.807) is 0 Å². The number of nitrogens with zero attached hydrogens (tertiary/aromatic N) is 1.